The number of aromatic nitrogens is 2. The number of hydrogen-bond acceptors (Lipinski definition) is 5. The molecule has 0 spiro atoms. The molecule has 1 aromatic rings. The molecule has 0 aliphatic heterocycles. The number of nitrogens with zero attached hydrogens (tertiary/aromatic N) is 2. The van der Waals surface area contributed by atoms with Crippen LogP contribution < -0.4 is 11.1 Å². The number of rotatable bonds is 6. The van der Waals surface area contributed by atoms with E-state index in [-0.39, 0.29) is 0 Å². The molecule has 0 aliphatic carbocycles. The number of aryl methyl sites for hydroxylation is 1. The highest BCUT2D eigenvalue weighted by Crippen LogP contribution is 2.17. The second-order valence-electron chi connectivity index (χ2n) is 3.63. The lowest BCUT2D eigenvalue weighted by atomic mass is 10.3. The van der Waals surface area contributed by atoms with Gasteiger partial charge in [0.1, 0.15) is 17.5 Å². The van der Waals surface area contributed by atoms with E-state index in [0.29, 0.717) is 5.82 Å². The summed E-state index contributed by atoms with van der Waals surface area (Å²) in [5, 5.41) is 3.32. The molecule has 0 aliphatic rings. The molecule has 0 aromatic carbocycles. The van der Waals surface area contributed by atoms with E-state index in [4.69, 9.17) is 5.73 Å². The van der Waals surface area contributed by atoms with Crippen LogP contribution in [-0.2, 0) is 6.42 Å². The first kappa shape index (κ1) is 13.1. The van der Waals surface area contributed by atoms with E-state index in [0.717, 1.165) is 42.3 Å². The Morgan fingerprint density at radius 1 is 1.38 bits per heavy atom. The van der Waals surface area contributed by atoms with Crippen molar-refractivity contribution in [2.45, 2.75) is 26.7 Å². The van der Waals surface area contributed by atoms with Gasteiger partial charge in [-0.15, -0.1) is 0 Å². The molecule has 0 fully saturated rings. The van der Waals surface area contributed by atoms with Crippen LogP contribution in [0.15, 0.2) is 0 Å². The van der Waals surface area contributed by atoms with Crippen LogP contribution in [0.5, 0.6) is 0 Å². The Morgan fingerprint density at radius 3 is 2.75 bits per heavy atom. The molecule has 16 heavy (non-hydrogen) atoms. The van der Waals surface area contributed by atoms with E-state index in [1.165, 1.54) is 0 Å². The van der Waals surface area contributed by atoms with Crippen molar-refractivity contribution < 1.29 is 0 Å². The summed E-state index contributed by atoms with van der Waals surface area (Å²) in [5.41, 5.74) is 6.78. The van der Waals surface area contributed by atoms with Crippen molar-refractivity contribution in [3.8, 4) is 0 Å². The topological polar surface area (TPSA) is 63.8 Å². The molecule has 5 heteroatoms. The fourth-order valence-corrected chi connectivity index (χ4v) is 1.77. The Kier molecular flexibility index (Phi) is 5.38. The Bertz CT molecular complexity index is 341. The molecule has 1 heterocycles. The van der Waals surface area contributed by atoms with Crippen molar-refractivity contribution in [3.05, 3.63) is 11.4 Å². The molecular formula is C11H20N4S. The maximum atomic E-state index is 5.83. The van der Waals surface area contributed by atoms with Crippen LogP contribution in [0.2, 0.25) is 0 Å². The van der Waals surface area contributed by atoms with Gasteiger partial charge in [0.2, 0.25) is 0 Å². The van der Waals surface area contributed by atoms with Crippen LogP contribution in [0.25, 0.3) is 0 Å². The van der Waals surface area contributed by atoms with Crippen LogP contribution in [0.1, 0.15) is 24.7 Å². The van der Waals surface area contributed by atoms with Crippen LogP contribution in [0.3, 0.4) is 0 Å². The third-order valence-electron chi connectivity index (χ3n) is 2.36. The van der Waals surface area contributed by atoms with Gasteiger partial charge in [-0.05, 0) is 25.4 Å². The van der Waals surface area contributed by atoms with Crippen LogP contribution in [0, 0.1) is 6.92 Å². The van der Waals surface area contributed by atoms with Crippen molar-refractivity contribution in [1.82, 2.24) is 9.97 Å². The van der Waals surface area contributed by atoms with Gasteiger partial charge in [-0.3, -0.25) is 0 Å². The first-order valence-electron chi connectivity index (χ1n) is 5.54. The quantitative estimate of drug-likeness (QED) is 0.745. The van der Waals surface area contributed by atoms with Gasteiger partial charge < -0.3 is 11.1 Å². The molecule has 0 saturated heterocycles. The molecule has 90 valence electrons. The van der Waals surface area contributed by atoms with E-state index >= 15 is 0 Å². The molecule has 0 amide bonds. The van der Waals surface area contributed by atoms with E-state index in [1.54, 1.807) is 0 Å². The maximum Gasteiger partial charge on any atom is 0.134 e. The first-order valence-corrected chi connectivity index (χ1v) is 6.94. The number of anilines is 2. The number of hydrogen-bond donors (Lipinski definition) is 2. The predicted molar refractivity (Wildman–Crippen MR) is 72.0 cm³/mol. The van der Waals surface area contributed by atoms with Gasteiger partial charge in [-0.2, -0.15) is 11.8 Å². The van der Waals surface area contributed by atoms with Gasteiger partial charge in [0.25, 0.3) is 0 Å². The van der Waals surface area contributed by atoms with Gasteiger partial charge in [0.15, 0.2) is 0 Å². The fraction of sp³-hybridized carbons (Fsp3) is 0.636. The van der Waals surface area contributed by atoms with E-state index in [9.17, 15) is 0 Å². The van der Waals surface area contributed by atoms with Gasteiger partial charge in [0.05, 0.1) is 0 Å². The molecule has 0 saturated carbocycles. The number of nitrogen functional groups attached to an aromatic ring is 1. The third kappa shape index (κ3) is 3.56. The second-order valence-corrected chi connectivity index (χ2v) is 4.61. The molecule has 1 rings (SSSR count). The normalized spacial score (nSPS) is 10.4. The van der Waals surface area contributed by atoms with Crippen molar-refractivity contribution in [2.75, 3.05) is 29.6 Å². The summed E-state index contributed by atoms with van der Waals surface area (Å²) >= 11 is 1.85. The van der Waals surface area contributed by atoms with Gasteiger partial charge >= 0.3 is 0 Å². The van der Waals surface area contributed by atoms with Gasteiger partial charge in [-0.1, -0.05) is 6.92 Å². The number of nitrogens with two attached hydrogens (primary N) is 1. The fourth-order valence-electron chi connectivity index (χ4n) is 1.34. The lowest BCUT2D eigenvalue weighted by Crippen LogP contribution is -2.10. The molecular weight excluding hydrogens is 220 g/mol. The zero-order valence-corrected chi connectivity index (χ0v) is 11.0. The highest BCUT2D eigenvalue weighted by atomic mass is 32.2. The van der Waals surface area contributed by atoms with Crippen molar-refractivity contribution in [3.63, 3.8) is 0 Å². The maximum absolute atomic E-state index is 5.83. The highest BCUT2D eigenvalue weighted by Gasteiger charge is 2.06. The molecule has 0 unspecified atom stereocenters. The minimum absolute atomic E-state index is 0.583. The second kappa shape index (κ2) is 6.58. The zero-order chi connectivity index (χ0) is 12.0. The van der Waals surface area contributed by atoms with Crippen molar-refractivity contribution in [2.24, 2.45) is 0 Å². The molecule has 4 nitrogen and oxygen atoms in total. The van der Waals surface area contributed by atoms with Crippen LogP contribution in [-0.4, -0.2) is 28.5 Å². The van der Waals surface area contributed by atoms with Gasteiger partial charge in [0, 0.05) is 18.5 Å². The summed E-state index contributed by atoms with van der Waals surface area (Å²) < 4.78 is 0. The standard InChI is InChI=1S/C11H20N4S/c1-4-9-14-10(12)8(2)11(15-9)13-6-5-7-16-3/h4-7H2,1-3H3,(H3,12,13,14,15). The van der Waals surface area contributed by atoms with Crippen LogP contribution >= 0.6 is 11.8 Å². The van der Waals surface area contributed by atoms with Crippen LogP contribution in [0.4, 0.5) is 11.6 Å². The average Bonchev–Trinajstić information content (AvgIpc) is 2.29. The predicted octanol–water partition coefficient (Wildman–Crippen LogP) is 2.09. The van der Waals surface area contributed by atoms with E-state index < -0.39 is 0 Å². The largest absolute Gasteiger partial charge is 0.383 e. The van der Waals surface area contributed by atoms with Crippen molar-refractivity contribution in [1.29, 1.82) is 0 Å². The molecule has 0 atom stereocenters. The summed E-state index contributed by atoms with van der Waals surface area (Å²) in [5.74, 6) is 3.42. The summed E-state index contributed by atoms with van der Waals surface area (Å²) in [4.78, 5) is 8.66. The number of thioether (sulfide) groups is 1. The Balaban J connectivity index is 2.66. The smallest absolute Gasteiger partial charge is 0.134 e. The Labute approximate surface area is 101 Å². The molecule has 0 radical (unpaired) electrons. The lowest BCUT2D eigenvalue weighted by Gasteiger charge is -2.11. The minimum Gasteiger partial charge on any atom is -0.383 e. The number of nitrogens with one attached hydrogen (secondary N) is 1. The first-order chi connectivity index (χ1) is 7.69. The SMILES string of the molecule is CCc1nc(N)c(C)c(NCCCSC)n1. The molecule has 3 N–H and O–H groups in total. The third-order valence-corrected chi connectivity index (χ3v) is 3.06. The summed E-state index contributed by atoms with van der Waals surface area (Å²) in [7, 11) is 0. The average molecular weight is 240 g/mol. The Morgan fingerprint density at radius 2 is 2.12 bits per heavy atom. The molecule has 1 aromatic heterocycles. The monoisotopic (exact) mass is 240 g/mol. The van der Waals surface area contributed by atoms with E-state index in [1.807, 2.05) is 25.6 Å². The van der Waals surface area contributed by atoms with Crippen molar-refractivity contribution >= 4 is 23.4 Å². The summed E-state index contributed by atoms with van der Waals surface area (Å²) in [6.07, 6.45) is 4.05. The summed E-state index contributed by atoms with van der Waals surface area (Å²) in [6.45, 7) is 4.91. The minimum atomic E-state index is 0.583. The van der Waals surface area contributed by atoms with Gasteiger partial charge in [-0.25, -0.2) is 9.97 Å². The Hall–Kier alpha value is -0.970. The zero-order valence-electron chi connectivity index (χ0n) is 10.2. The molecule has 0 bridgehead atoms. The van der Waals surface area contributed by atoms with E-state index in [2.05, 4.69) is 21.5 Å². The summed E-state index contributed by atoms with van der Waals surface area (Å²) in [6, 6.07) is 0. The highest BCUT2D eigenvalue weighted by molar-refractivity contribution is 7.98. The lowest BCUT2D eigenvalue weighted by molar-refractivity contribution is 0.915.